The smallest absolute Gasteiger partial charge is 0.182 e. The lowest BCUT2D eigenvalue weighted by Gasteiger charge is -2.26. The number of aliphatic hydroxyl groups is 1. The van der Waals surface area contributed by atoms with Crippen LogP contribution in [-0.4, -0.2) is 18.3 Å². The fraction of sp³-hybridized carbons (Fsp3) is 0.500. The van der Waals surface area contributed by atoms with Crippen LogP contribution in [0.15, 0.2) is 12.1 Å². The van der Waals surface area contributed by atoms with Crippen molar-refractivity contribution in [3.05, 3.63) is 29.6 Å². The Morgan fingerprint density at radius 2 is 1.94 bits per heavy atom. The monoisotopic (exact) mass is 247 g/mol. The predicted octanol–water partition coefficient (Wildman–Crippen LogP) is 2.92. The van der Waals surface area contributed by atoms with Crippen LogP contribution in [0.4, 0.5) is 18.9 Å². The van der Waals surface area contributed by atoms with Crippen LogP contribution in [0, 0.1) is 22.9 Å². The minimum Gasteiger partial charge on any atom is -0.396 e. The SMILES string of the molecule is CCC(C)(CO)CNc1cc(F)cc(F)c1F. The van der Waals surface area contributed by atoms with E-state index in [2.05, 4.69) is 5.32 Å². The van der Waals surface area contributed by atoms with Crippen molar-refractivity contribution in [1.82, 2.24) is 0 Å². The topological polar surface area (TPSA) is 32.3 Å². The molecule has 0 aliphatic heterocycles. The highest BCUT2D eigenvalue weighted by Crippen LogP contribution is 2.24. The fourth-order valence-corrected chi connectivity index (χ4v) is 1.29. The van der Waals surface area contributed by atoms with Gasteiger partial charge in [-0.05, 0) is 6.42 Å². The molecule has 0 amide bonds. The molecule has 0 aromatic heterocycles. The number of hydrogen-bond acceptors (Lipinski definition) is 2. The zero-order valence-corrected chi connectivity index (χ0v) is 9.86. The molecule has 0 aliphatic carbocycles. The van der Waals surface area contributed by atoms with Crippen molar-refractivity contribution in [3.63, 3.8) is 0 Å². The van der Waals surface area contributed by atoms with Gasteiger partial charge in [-0.15, -0.1) is 0 Å². The van der Waals surface area contributed by atoms with Crippen LogP contribution in [-0.2, 0) is 0 Å². The maximum atomic E-state index is 13.3. The molecule has 2 nitrogen and oxygen atoms in total. The van der Waals surface area contributed by atoms with Crippen molar-refractivity contribution in [2.45, 2.75) is 20.3 Å². The second-order valence-corrected chi connectivity index (χ2v) is 4.43. The van der Waals surface area contributed by atoms with E-state index in [0.29, 0.717) is 12.5 Å². The number of aliphatic hydroxyl groups excluding tert-OH is 1. The molecule has 17 heavy (non-hydrogen) atoms. The van der Waals surface area contributed by atoms with E-state index in [9.17, 15) is 13.2 Å². The molecule has 1 aromatic carbocycles. The van der Waals surface area contributed by atoms with Gasteiger partial charge >= 0.3 is 0 Å². The number of rotatable bonds is 5. The van der Waals surface area contributed by atoms with Crippen molar-refractivity contribution >= 4 is 5.69 Å². The number of anilines is 1. The van der Waals surface area contributed by atoms with Crippen molar-refractivity contribution in [3.8, 4) is 0 Å². The van der Waals surface area contributed by atoms with E-state index < -0.39 is 22.9 Å². The molecule has 1 aromatic rings. The van der Waals surface area contributed by atoms with E-state index in [1.807, 2.05) is 6.92 Å². The molecule has 0 aliphatic rings. The maximum absolute atomic E-state index is 13.3. The van der Waals surface area contributed by atoms with Crippen molar-refractivity contribution in [2.75, 3.05) is 18.5 Å². The first kappa shape index (κ1) is 13.8. The third-order valence-electron chi connectivity index (χ3n) is 2.93. The van der Waals surface area contributed by atoms with E-state index in [0.717, 1.165) is 6.07 Å². The molecule has 0 radical (unpaired) electrons. The minimum absolute atomic E-state index is 0.0874. The average molecular weight is 247 g/mol. The van der Waals surface area contributed by atoms with Gasteiger partial charge in [0.05, 0.1) is 12.3 Å². The fourth-order valence-electron chi connectivity index (χ4n) is 1.29. The van der Waals surface area contributed by atoms with Crippen molar-refractivity contribution in [2.24, 2.45) is 5.41 Å². The van der Waals surface area contributed by atoms with Gasteiger partial charge in [0.1, 0.15) is 5.82 Å². The second kappa shape index (κ2) is 5.40. The minimum atomic E-state index is -1.23. The molecule has 0 spiro atoms. The Morgan fingerprint density at radius 1 is 1.29 bits per heavy atom. The highest BCUT2D eigenvalue weighted by molar-refractivity contribution is 5.45. The molecule has 0 bridgehead atoms. The zero-order chi connectivity index (χ0) is 13.1. The van der Waals surface area contributed by atoms with E-state index in [1.54, 1.807) is 6.92 Å². The van der Waals surface area contributed by atoms with Gasteiger partial charge < -0.3 is 10.4 Å². The Hall–Kier alpha value is -1.23. The van der Waals surface area contributed by atoms with E-state index >= 15 is 0 Å². The molecule has 1 rings (SSSR count). The van der Waals surface area contributed by atoms with Crippen LogP contribution < -0.4 is 5.32 Å². The highest BCUT2D eigenvalue weighted by atomic mass is 19.2. The number of benzene rings is 1. The van der Waals surface area contributed by atoms with Gasteiger partial charge in [0, 0.05) is 24.1 Å². The Balaban J connectivity index is 2.82. The van der Waals surface area contributed by atoms with Gasteiger partial charge in [-0.3, -0.25) is 0 Å². The summed E-state index contributed by atoms with van der Waals surface area (Å²) >= 11 is 0. The second-order valence-electron chi connectivity index (χ2n) is 4.43. The van der Waals surface area contributed by atoms with Crippen LogP contribution in [0.2, 0.25) is 0 Å². The number of halogens is 3. The summed E-state index contributed by atoms with van der Waals surface area (Å²) < 4.78 is 39.1. The molecule has 1 atom stereocenters. The molecule has 0 fully saturated rings. The quantitative estimate of drug-likeness (QED) is 0.784. The lowest BCUT2D eigenvalue weighted by Crippen LogP contribution is -2.30. The Kier molecular flexibility index (Phi) is 4.40. The summed E-state index contributed by atoms with van der Waals surface area (Å²) in [5.41, 5.74) is -0.675. The van der Waals surface area contributed by atoms with Crippen molar-refractivity contribution in [1.29, 1.82) is 0 Å². The lowest BCUT2D eigenvalue weighted by molar-refractivity contribution is 0.149. The predicted molar refractivity (Wildman–Crippen MR) is 60.3 cm³/mol. The lowest BCUT2D eigenvalue weighted by atomic mass is 9.88. The average Bonchev–Trinajstić information content (AvgIpc) is 2.31. The van der Waals surface area contributed by atoms with Crippen LogP contribution in [0.3, 0.4) is 0 Å². The normalized spacial score (nSPS) is 14.5. The third kappa shape index (κ3) is 3.36. The third-order valence-corrected chi connectivity index (χ3v) is 2.93. The Morgan fingerprint density at radius 3 is 2.47 bits per heavy atom. The summed E-state index contributed by atoms with van der Waals surface area (Å²) in [6.45, 7) is 3.82. The van der Waals surface area contributed by atoms with Gasteiger partial charge in [-0.25, -0.2) is 13.2 Å². The number of nitrogens with one attached hydrogen (secondary N) is 1. The zero-order valence-electron chi connectivity index (χ0n) is 9.86. The summed E-state index contributed by atoms with van der Waals surface area (Å²) in [5.74, 6) is -3.17. The molecule has 0 heterocycles. The first-order chi connectivity index (χ1) is 7.91. The van der Waals surface area contributed by atoms with Crippen LogP contribution in [0.1, 0.15) is 20.3 Å². The highest BCUT2D eigenvalue weighted by Gasteiger charge is 2.21. The molecular formula is C12H16F3NO. The van der Waals surface area contributed by atoms with Gasteiger partial charge in [0.15, 0.2) is 11.6 Å². The maximum Gasteiger partial charge on any atom is 0.182 e. The van der Waals surface area contributed by atoms with E-state index in [1.165, 1.54) is 0 Å². The first-order valence-corrected chi connectivity index (χ1v) is 5.41. The summed E-state index contributed by atoms with van der Waals surface area (Å²) in [5, 5.41) is 11.8. The molecule has 2 N–H and O–H groups in total. The standard InChI is InChI=1S/C12H16F3NO/c1-3-12(2,7-17)6-16-10-5-8(13)4-9(14)11(10)15/h4-5,16-17H,3,6-7H2,1-2H3. The molecule has 1 unspecified atom stereocenters. The van der Waals surface area contributed by atoms with Crippen molar-refractivity contribution < 1.29 is 18.3 Å². The molecule has 0 saturated heterocycles. The summed E-state index contributed by atoms with van der Waals surface area (Å²) in [7, 11) is 0. The summed E-state index contributed by atoms with van der Waals surface area (Å²) in [4.78, 5) is 0. The Bertz CT molecular complexity index is 392. The molecular weight excluding hydrogens is 231 g/mol. The van der Waals surface area contributed by atoms with Gasteiger partial charge in [0.25, 0.3) is 0 Å². The molecule has 96 valence electrons. The van der Waals surface area contributed by atoms with Gasteiger partial charge in [-0.1, -0.05) is 13.8 Å². The largest absolute Gasteiger partial charge is 0.396 e. The van der Waals surface area contributed by atoms with Gasteiger partial charge in [0.2, 0.25) is 0 Å². The number of hydrogen-bond donors (Lipinski definition) is 2. The van der Waals surface area contributed by atoms with Crippen LogP contribution in [0.5, 0.6) is 0 Å². The van der Waals surface area contributed by atoms with E-state index in [4.69, 9.17) is 5.11 Å². The van der Waals surface area contributed by atoms with E-state index in [-0.39, 0.29) is 18.8 Å². The molecule has 0 saturated carbocycles. The Labute approximate surface area is 98.5 Å². The first-order valence-electron chi connectivity index (χ1n) is 5.41. The van der Waals surface area contributed by atoms with Gasteiger partial charge in [-0.2, -0.15) is 0 Å². The summed E-state index contributed by atoms with van der Waals surface area (Å²) in [6, 6.07) is 1.39. The summed E-state index contributed by atoms with van der Waals surface area (Å²) in [6.07, 6.45) is 0.663. The molecule has 5 heteroatoms. The van der Waals surface area contributed by atoms with Crippen LogP contribution in [0.25, 0.3) is 0 Å². The van der Waals surface area contributed by atoms with Crippen LogP contribution >= 0.6 is 0 Å².